The Bertz CT molecular complexity index is 1060. The number of benzene rings is 1. The maximum atomic E-state index is 11.6. The van der Waals surface area contributed by atoms with Gasteiger partial charge < -0.3 is 9.72 Å². The van der Waals surface area contributed by atoms with Crippen molar-refractivity contribution in [1.29, 1.82) is 0 Å². The van der Waals surface area contributed by atoms with Crippen molar-refractivity contribution in [3.8, 4) is 0 Å². The topological polar surface area (TPSA) is 93.7 Å². The van der Waals surface area contributed by atoms with Gasteiger partial charge >= 0.3 is 5.97 Å². The number of ether oxygens (including phenoxy) is 1. The Hall–Kier alpha value is -2.74. The molecule has 0 spiro atoms. The average molecular weight is 339 g/mol. The number of thioether (sulfide) groups is 1. The standard InChI is InChI=1S/C16H13N5O2S/c1-2-23-11(22)7-24-16-14-12(17-8-18-16)13-15(21-14)20-10-6-4-3-5-9(10)19-13/h3-6,8H,2,7H2,1H3,(H,20,21). The van der Waals surface area contributed by atoms with Crippen LogP contribution in [-0.4, -0.2) is 43.2 Å². The molecule has 0 radical (unpaired) electrons. The number of fused-ring (bicyclic) bond motifs is 4. The summed E-state index contributed by atoms with van der Waals surface area (Å²) >= 11 is 1.31. The van der Waals surface area contributed by atoms with Gasteiger partial charge in [0, 0.05) is 0 Å². The van der Waals surface area contributed by atoms with Crippen LogP contribution >= 0.6 is 11.8 Å². The fourth-order valence-electron chi connectivity index (χ4n) is 2.47. The zero-order valence-corrected chi connectivity index (χ0v) is 13.6. The number of aromatic amines is 1. The average Bonchev–Trinajstić information content (AvgIpc) is 2.96. The van der Waals surface area contributed by atoms with Crippen LogP contribution in [0.5, 0.6) is 0 Å². The number of para-hydroxylation sites is 2. The van der Waals surface area contributed by atoms with Crippen molar-refractivity contribution in [3.63, 3.8) is 0 Å². The fourth-order valence-corrected chi connectivity index (χ4v) is 3.22. The van der Waals surface area contributed by atoms with Gasteiger partial charge in [-0.2, -0.15) is 0 Å². The van der Waals surface area contributed by atoms with E-state index in [1.165, 1.54) is 18.1 Å². The first-order valence-corrected chi connectivity index (χ1v) is 8.42. The van der Waals surface area contributed by atoms with E-state index in [0.29, 0.717) is 28.3 Å². The molecular formula is C16H13N5O2S. The van der Waals surface area contributed by atoms with E-state index in [9.17, 15) is 4.79 Å². The smallest absolute Gasteiger partial charge is 0.316 e. The van der Waals surface area contributed by atoms with E-state index < -0.39 is 0 Å². The number of aromatic nitrogens is 5. The van der Waals surface area contributed by atoms with Gasteiger partial charge in [0.1, 0.15) is 27.9 Å². The van der Waals surface area contributed by atoms with Gasteiger partial charge in [-0.05, 0) is 19.1 Å². The SMILES string of the molecule is CCOC(=O)CSc1ncnc2c1[nH]c1nc3ccccc3nc12. The molecule has 120 valence electrons. The highest BCUT2D eigenvalue weighted by Gasteiger charge is 2.15. The second-order valence-corrected chi connectivity index (χ2v) is 5.99. The molecule has 3 aromatic heterocycles. The normalized spacial score (nSPS) is 11.4. The van der Waals surface area contributed by atoms with Gasteiger partial charge in [0.2, 0.25) is 0 Å². The van der Waals surface area contributed by atoms with Gasteiger partial charge in [-0.3, -0.25) is 4.79 Å². The number of hydrogen-bond donors (Lipinski definition) is 1. The zero-order chi connectivity index (χ0) is 16.5. The molecule has 4 aromatic rings. The number of hydrogen-bond acceptors (Lipinski definition) is 7. The Kier molecular flexibility index (Phi) is 3.73. The lowest BCUT2D eigenvalue weighted by molar-refractivity contribution is -0.139. The summed E-state index contributed by atoms with van der Waals surface area (Å²) in [6.07, 6.45) is 1.47. The van der Waals surface area contributed by atoms with E-state index in [4.69, 9.17) is 4.74 Å². The molecule has 0 fully saturated rings. The molecule has 7 nitrogen and oxygen atoms in total. The van der Waals surface area contributed by atoms with Crippen LogP contribution in [0.2, 0.25) is 0 Å². The summed E-state index contributed by atoms with van der Waals surface area (Å²) in [6.45, 7) is 2.15. The molecule has 0 saturated carbocycles. The molecule has 1 aromatic carbocycles. The summed E-state index contributed by atoms with van der Waals surface area (Å²) < 4.78 is 4.95. The van der Waals surface area contributed by atoms with E-state index in [-0.39, 0.29) is 11.7 Å². The number of esters is 1. The molecule has 8 heteroatoms. The molecule has 0 aliphatic heterocycles. The van der Waals surface area contributed by atoms with Crippen molar-refractivity contribution in [2.45, 2.75) is 11.9 Å². The Morgan fingerprint density at radius 3 is 2.75 bits per heavy atom. The van der Waals surface area contributed by atoms with Crippen molar-refractivity contribution < 1.29 is 9.53 Å². The first-order chi connectivity index (χ1) is 11.8. The van der Waals surface area contributed by atoms with Gasteiger partial charge in [-0.15, -0.1) is 0 Å². The highest BCUT2D eigenvalue weighted by atomic mass is 32.2. The van der Waals surface area contributed by atoms with E-state index in [0.717, 1.165) is 16.6 Å². The van der Waals surface area contributed by atoms with Crippen LogP contribution in [0.4, 0.5) is 0 Å². The van der Waals surface area contributed by atoms with Gasteiger partial charge in [-0.1, -0.05) is 23.9 Å². The number of H-pyrrole nitrogens is 1. The molecule has 0 aliphatic carbocycles. The van der Waals surface area contributed by atoms with Crippen LogP contribution in [0.25, 0.3) is 33.2 Å². The predicted molar refractivity (Wildman–Crippen MR) is 91.8 cm³/mol. The predicted octanol–water partition coefficient (Wildman–Crippen LogP) is 2.71. The lowest BCUT2D eigenvalue weighted by Gasteiger charge is -2.01. The third kappa shape index (κ3) is 2.54. The summed E-state index contributed by atoms with van der Waals surface area (Å²) in [5, 5.41) is 0.678. The van der Waals surface area contributed by atoms with E-state index in [1.807, 2.05) is 24.3 Å². The first kappa shape index (κ1) is 14.8. The summed E-state index contributed by atoms with van der Waals surface area (Å²) in [6, 6.07) is 7.67. The lowest BCUT2D eigenvalue weighted by atomic mass is 10.3. The van der Waals surface area contributed by atoms with Crippen LogP contribution in [0.1, 0.15) is 6.92 Å². The van der Waals surface area contributed by atoms with E-state index in [2.05, 4.69) is 24.9 Å². The summed E-state index contributed by atoms with van der Waals surface area (Å²) in [5.41, 5.74) is 4.41. The van der Waals surface area contributed by atoms with Gasteiger partial charge in [0.25, 0.3) is 0 Å². The second kappa shape index (κ2) is 6.04. The monoisotopic (exact) mass is 339 g/mol. The maximum absolute atomic E-state index is 11.6. The van der Waals surface area contributed by atoms with Crippen molar-refractivity contribution in [3.05, 3.63) is 30.6 Å². The van der Waals surface area contributed by atoms with Crippen molar-refractivity contribution in [2.75, 3.05) is 12.4 Å². The van der Waals surface area contributed by atoms with Gasteiger partial charge in [0.05, 0.1) is 23.4 Å². The minimum absolute atomic E-state index is 0.193. The molecule has 0 aliphatic rings. The minimum atomic E-state index is -0.271. The highest BCUT2D eigenvalue weighted by Crippen LogP contribution is 2.29. The largest absolute Gasteiger partial charge is 0.465 e. The van der Waals surface area contributed by atoms with Crippen molar-refractivity contribution in [2.24, 2.45) is 0 Å². The summed E-state index contributed by atoms with van der Waals surface area (Å²) in [4.78, 5) is 32.6. The molecule has 0 atom stereocenters. The number of carbonyl (C=O) groups excluding carboxylic acids is 1. The molecule has 0 unspecified atom stereocenters. The van der Waals surface area contributed by atoms with E-state index >= 15 is 0 Å². The van der Waals surface area contributed by atoms with Crippen LogP contribution in [0.15, 0.2) is 35.6 Å². The number of nitrogens with zero attached hydrogens (tertiary/aromatic N) is 4. The molecule has 1 N–H and O–H groups in total. The fraction of sp³-hybridized carbons (Fsp3) is 0.188. The third-order valence-electron chi connectivity index (χ3n) is 3.48. The number of carbonyl (C=O) groups is 1. The molecule has 24 heavy (non-hydrogen) atoms. The summed E-state index contributed by atoms with van der Waals surface area (Å²) in [5.74, 6) is -0.0784. The third-order valence-corrected chi connectivity index (χ3v) is 4.45. The molecule has 4 rings (SSSR count). The Labute approximate surface area is 140 Å². The summed E-state index contributed by atoms with van der Waals surface area (Å²) in [7, 11) is 0. The molecule has 0 bridgehead atoms. The van der Waals surface area contributed by atoms with Crippen LogP contribution in [-0.2, 0) is 9.53 Å². The van der Waals surface area contributed by atoms with Crippen LogP contribution < -0.4 is 0 Å². The number of rotatable bonds is 4. The molecule has 3 heterocycles. The quantitative estimate of drug-likeness (QED) is 0.347. The lowest BCUT2D eigenvalue weighted by Crippen LogP contribution is -2.06. The van der Waals surface area contributed by atoms with E-state index in [1.54, 1.807) is 6.92 Å². The van der Waals surface area contributed by atoms with Crippen molar-refractivity contribution in [1.82, 2.24) is 24.9 Å². The first-order valence-electron chi connectivity index (χ1n) is 7.44. The van der Waals surface area contributed by atoms with Crippen LogP contribution in [0, 0.1) is 0 Å². The molecular weight excluding hydrogens is 326 g/mol. The zero-order valence-electron chi connectivity index (χ0n) is 12.8. The molecule has 0 saturated heterocycles. The Morgan fingerprint density at radius 2 is 1.96 bits per heavy atom. The Morgan fingerprint density at radius 1 is 1.17 bits per heavy atom. The van der Waals surface area contributed by atoms with Gasteiger partial charge in [-0.25, -0.2) is 19.9 Å². The number of nitrogens with one attached hydrogen (secondary N) is 1. The second-order valence-electron chi connectivity index (χ2n) is 5.03. The van der Waals surface area contributed by atoms with Gasteiger partial charge in [0.15, 0.2) is 5.65 Å². The van der Waals surface area contributed by atoms with Crippen molar-refractivity contribution >= 4 is 51.0 Å². The minimum Gasteiger partial charge on any atom is -0.465 e. The highest BCUT2D eigenvalue weighted by molar-refractivity contribution is 8.00. The Balaban J connectivity index is 1.81. The molecule has 0 amide bonds. The van der Waals surface area contributed by atoms with Crippen LogP contribution in [0.3, 0.4) is 0 Å². The maximum Gasteiger partial charge on any atom is 0.316 e.